The number of carbonyl (C=O) groups excluding carboxylic acids is 1. The fourth-order valence-electron chi connectivity index (χ4n) is 2.07. The van der Waals surface area contributed by atoms with E-state index in [1.165, 1.54) is 24.9 Å². The molecule has 134 valence electrons. The number of halogens is 1. The van der Waals surface area contributed by atoms with Crippen molar-refractivity contribution in [3.63, 3.8) is 0 Å². The topological polar surface area (TPSA) is 72.5 Å². The quantitative estimate of drug-likeness (QED) is 0.634. The van der Waals surface area contributed by atoms with Gasteiger partial charge >= 0.3 is 5.97 Å². The third kappa shape index (κ3) is 5.85. The Morgan fingerprint density at radius 3 is 2.44 bits per heavy atom. The van der Waals surface area contributed by atoms with Crippen LogP contribution in [-0.4, -0.2) is 33.3 Å². The molecule has 5 nitrogen and oxygen atoms in total. The van der Waals surface area contributed by atoms with E-state index in [-0.39, 0.29) is 10.6 Å². The van der Waals surface area contributed by atoms with Gasteiger partial charge in [0.05, 0.1) is 12.0 Å². The maximum atomic E-state index is 12.6. The molecular weight excluding hydrogens is 426 g/mol. The Morgan fingerprint density at radius 1 is 1.16 bits per heavy atom. The van der Waals surface area contributed by atoms with Crippen molar-refractivity contribution in [1.29, 1.82) is 0 Å². The highest BCUT2D eigenvalue weighted by atomic mass is 79.9. The molecule has 0 spiro atoms. The molecule has 0 aromatic heterocycles. The van der Waals surface area contributed by atoms with Crippen LogP contribution in [0, 0.1) is 0 Å². The second kappa shape index (κ2) is 9.38. The Labute approximate surface area is 160 Å². The Kier molecular flexibility index (Phi) is 7.49. The zero-order valence-electron chi connectivity index (χ0n) is 13.5. The SMILES string of the molecule is COC(=O)[C@H](CSCc1ccccc1)NS(=O)(=O)c1ccccc1Br. The number of esters is 1. The predicted octanol–water partition coefficient (Wildman–Crippen LogP) is 3.20. The highest BCUT2D eigenvalue weighted by molar-refractivity contribution is 9.10. The average Bonchev–Trinajstić information content (AvgIpc) is 2.61. The van der Waals surface area contributed by atoms with Gasteiger partial charge in [0.25, 0.3) is 0 Å². The summed E-state index contributed by atoms with van der Waals surface area (Å²) in [6.45, 7) is 0. The highest BCUT2D eigenvalue weighted by Crippen LogP contribution is 2.22. The zero-order chi connectivity index (χ0) is 18.3. The molecule has 0 saturated carbocycles. The number of thioether (sulfide) groups is 1. The molecule has 2 rings (SSSR count). The summed E-state index contributed by atoms with van der Waals surface area (Å²) in [6, 6.07) is 15.2. The summed E-state index contributed by atoms with van der Waals surface area (Å²) in [6.07, 6.45) is 0. The van der Waals surface area contributed by atoms with Crippen molar-refractivity contribution < 1.29 is 17.9 Å². The molecule has 0 bridgehead atoms. The first-order valence-corrected chi connectivity index (χ1v) is 10.8. The minimum atomic E-state index is -3.85. The third-order valence-corrected chi connectivity index (χ3v) is 6.90. The van der Waals surface area contributed by atoms with Crippen LogP contribution in [0.5, 0.6) is 0 Å². The average molecular weight is 444 g/mol. The van der Waals surface area contributed by atoms with Gasteiger partial charge in [0, 0.05) is 16.0 Å². The molecule has 2 aromatic rings. The largest absolute Gasteiger partial charge is 0.468 e. The summed E-state index contributed by atoms with van der Waals surface area (Å²) in [7, 11) is -2.61. The number of hydrogen-bond acceptors (Lipinski definition) is 5. The molecular formula is C17H18BrNO4S2. The van der Waals surface area contributed by atoms with Crippen LogP contribution in [0.4, 0.5) is 0 Å². The van der Waals surface area contributed by atoms with Gasteiger partial charge in [0.2, 0.25) is 10.0 Å². The molecule has 0 aliphatic rings. The van der Waals surface area contributed by atoms with E-state index < -0.39 is 22.0 Å². The number of rotatable bonds is 8. The molecule has 0 saturated heterocycles. The minimum absolute atomic E-state index is 0.0805. The number of ether oxygens (including phenoxy) is 1. The van der Waals surface area contributed by atoms with Crippen molar-refractivity contribution in [3.05, 3.63) is 64.6 Å². The predicted molar refractivity (Wildman–Crippen MR) is 103 cm³/mol. The fraction of sp³-hybridized carbons (Fsp3) is 0.235. The van der Waals surface area contributed by atoms with Gasteiger partial charge in [-0.05, 0) is 33.6 Å². The van der Waals surface area contributed by atoms with Crippen molar-refractivity contribution in [2.24, 2.45) is 0 Å². The van der Waals surface area contributed by atoms with Crippen molar-refractivity contribution in [2.45, 2.75) is 16.7 Å². The van der Waals surface area contributed by atoms with E-state index in [0.29, 0.717) is 10.2 Å². The van der Waals surface area contributed by atoms with Gasteiger partial charge in [-0.25, -0.2) is 8.42 Å². The van der Waals surface area contributed by atoms with Gasteiger partial charge in [-0.2, -0.15) is 16.5 Å². The maximum absolute atomic E-state index is 12.6. The molecule has 1 atom stereocenters. The van der Waals surface area contributed by atoms with Gasteiger partial charge in [0.1, 0.15) is 6.04 Å². The number of nitrogens with one attached hydrogen (secondary N) is 1. The summed E-state index contributed by atoms with van der Waals surface area (Å²) >= 11 is 4.68. The molecule has 2 aromatic carbocycles. The second-order valence-electron chi connectivity index (χ2n) is 5.13. The molecule has 0 heterocycles. The summed E-state index contributed by atoms with van der Waals surface area (Å²) < 4.78 is 32.7. The lowest BCUT2D eigenvalue weighted by Gasteiger charge is -2.17. The molecule has 25 heavy (non-hydrogen) atoms. The summed E-state index contributed by atoms with van der Waals surface area (Å²) in [4.78, 5) is 12.1. The Morgan fingerprint density at radius 2 is 1.80 bits per heavy atom. The van der Waals surface area contributed by atoms with Gasteiger partial charge in [0.15, 0.2) is 0 Å². The van der Waals surface area contributed by atoms with Gasteiger partial charge in [-0.1, -0.05) is 42.5 Å². The van der Waals surface area contributed by atoms with Crippen LogP contribution in [0.25, 0.3) is 0 Å². The normalized spacial score (nSPS) is 12.6. The van der Waals surface area contributed by atoms with E-state index in [2.05, 4.69) is 20.7 Å². The number of benzene rings is 2. The van der Waals surface area contributed by atoms with Gasteiger partial charge in [-0.15, -0.1) is 0 Å². The minimum Gasteiger partial charge on any atom is -0.468 e. The van der Waals surface area contributed by atoms with Crippen LogP contribution in [0.3, 0.4) is 0 Å². The molecule has 0 aliphatic heterocycles. The lowest BCUT2D eigenvalue weighted by molar-refractivity contribution is -0.141. The monoisotopic (exact) mass is 443 g/mol. The van der Waals surface area contributed by atoms with Crippen molar-refractivity contribution in [2.75, 3.05) is 12.9 Å². The third-order valence-electron chi connectivity index (χ3n) is 3.31. The number of sulfonamides is 1. The molecule has 1 N–H and O–H groups in total. The Hall–Kier alpha value is -1.35. The Bertz CT molecular complexity index is 812. The van der Waals surface area contributed by atoms with Crippen molar-refractivity contribution in [3.8, 4) is 0 Å². The Balaban J connectivity index is 2.07. The van der Waals surface area contributed by atoms with E-state index in [9.17, 15) is 13.2 Å². The van der Waals surface area contributed by atoms with Crippen LogP contribution in [0.15, 0.2) is 64.0 Å². The summed E-state index contributed by atoms with van der Waals surface area (Å²) in [5, 5.41) is 0. The fourth-order valence-corrected chi connectivity index (χ4v) is 5.37. The first kappa shape index (κ1) is 20.0. The number of carbonyl (C=O) groups is 1. The standard InChI is InChI=1S/C17H18BrNO4S2/c1-23-17(20)15(12-24-11-13-7-3-2-4-8-13)19-25(21,22)16-10-6-5-9-14(16)18/h2-10,15,19H,11-12H2,1H3/t15-/m0/s1. The molecule has 0 aliphatic carbocycles. The second-order valence-corrected chi connectivity index (χ2v) is 8.70. The van der Waals surface area contributed by atoms with E-state index in [4.69, 9.17) is 4.74 Å². The van der Waals surface area contributed by atoms with E-state index in [1.807, 2.05) is 30.3 Å². The van der Waals surface area contributed by atoms with Crippen molar-refractivity contribution >= 4 is 43.7 Å². The summed E-state index contributed by atoms with van der Waals surface area (Å²) in [5.41, 5.74) is 1.10. The van der Waals surface area contributed by atoms with E-state index >= 15 is 0 Å². The van der Waals surface area contributed by atoms with Crippen LogP contribution < -0.4 is 4.72 Å². The molecule has 0 amide bonds. The summed E-state index contributed by atoms with van der Waals surface area (Å²) in [5.74, 6) is 0.326. The smallest absolute Gasteiger partial charge is 0.324 e. The first-order chi connectivity index (χ1) is 11.9. The van der Waals surface area contributed by atoms with Crippen LogP contribution in [-0.2, 0) is 25.3 Å². The highest BCUT2D eigenvalue weighted by Gasteiger charge is 2.27. The maximum Gasteiger partial charge on any atom is 0.324 e. The molecule has 0 radical (unpaired) electrons. The number of methoxy groups -OCH3 is 1. The zero-order valence-corrected chi connectivity index (χ0v) is 16.7. The molecule has 0 fully saturated rings. The van der Waals surface area contributed by atoms with Crippen LogP contribution in [0.1, 0.15) is 5.56 Å². The molecule has 0 unspecified atom stereocenters. The molecule has 8 heteroatoms. The number of hydrogen-bond donors (Lipinski definition) is 1. The van der Waals surface area contributed by atoms with E-state index in [1.54, 1.807) is 18.2 Å². The lowest BCUT2D eigenvalue weighted by atomic mass is 10.2. The van der Waals surface area contributed by atoms with Crippen LogP contribution >= 0.6 is 27.7 Å². The lowest BCUT2D eigenvalue weighted by Crippen LogP contribution is -2.43. The van der Waals surface area contributed by atoms with Crippen molar-refractivity contribution in [1.82, 2.24) is 4.72 Å². The first-order valence-electron chi connectivity index (χ1n) is 7.40. The van der Waals surface area contributed by atoms with Gasteiger partial charge in [-0.3, -0.25) is 4.79 Å². The van der Waals surface area contributed by atoms with Crippen LogP contribution in [0.2, 0.25) is 0 Å². The van der Waals surface area contributed by atoms with Gasteiger partial charge < -0.3 is 4.74 Å². The van der Waals surface area contributed by atoms with E-state index in [0.717, 1.165) is 5.56 Å².